The minimum absolute atomic E-state index is 0.216. The van der Waals surface area contributed by atoms with Crippen LogP contribution in [0.25, 0.3) is 0 Å². The Labute approximate surface area is 138 Å². The molecule has 120 valence electrons. The van der Waals surface area contributed by atoms with Gasteiger partial charge in [-0.1, -0.05) is 29.3 Å². The third-order valence-corrected chi connectivity index (χ3v) is 4.33. The number of halogens is 2. The number of carboxylic acids is 1. The van der Waals surface area contributed by atoms with Gasteiger partial charge in [0.05, 0.1) is 25.0 Å². The van der Waals surface area contributed by atoms with Gasteiger partial charge in [-0.05, 0) is 30.5 Å². The number of carbonyl (C=O) groups excluding carboxylic acids is 1. The fraction of sp³-hybridized carbons (Fsp3) is 0.467. The minimum atomic E-state index is -0.903. The van der Waals surface area contributed by atoms with Crippen LogP contribution in [0.15, 0.2) is 18.2 Å². The molecular formula is C15H17Cl2NO4. The molecule has 1 aliphatic carbocycles. The summed E-state index contributed by atoms with van der Waals surface area (Å²) in [7, 11) is 0. The summed E-state index contributed by atoms with van der Waals surface area (Å²) < 4.78 is 5.44. The summed E-state index contributed by atoms with van der Waals surface area (Å²) in [6, 6.07) is 5.16. The van der Waals surface area contributed by atoms with E-state index in [0.29, 0.717) is 42.6 Å². The number of hydrogen-bond acceptors (Lipinski definition) is 3. The second-order valence-corrected chi connectivity index (χ2v) is 6.05. The maximum atomic E-state index is 11.8. The monoisotopic (exact) mass is 345 g/mol. The Morgan fingerprint density at radius 1 is 1.27 bits per heavy atom. The van der Waals surface area contributed by atoms with Crippen molar-refractivity contribution < 1.29 is 19.4 Å². The summed E-state index contributed by atoms with van der Waals surface area (Å²) in [5.41, 5.74) is 0.822. The van der Waals surface area contributed by atoms with Crippen LogP contribution < -0.4 is 5.32 Å². The lowest BCUT2D eigenvalue weighted by molar-refractivity contribution is -0.152. The Morgan fingerprint density at radius 3 is 2.59 bits per heavy atom. The largest absolute Gasteiger partial charge is 0.481 e. The van der Waals surface area contributed by atoms with Gasteiger partial charge in [-0.3, -0.25) is 9.59 Å². The van der Waals surface area contributed by atoms with Crippen molar-refractivity contribution in [3.8, 4) is 0 Å². The van der Waals surface area contributed by atoms with Crippen molar-refractivity contribution in [1.29, 1.82) is 0 Å². The molecule has 2 rings (SSSR count). The molecule has 1 aromatic carbocycles. The Balaban J connectivity index is 1.65. The fourth-order valence-electron chi connectivity index (χ4n) is 2.31. The van der Waals surface area contributed by atoms with Gasteiger partial charge in [0.15, 0.2) is 0 Å². The Kier molecular flexibility index (Phi) is 6.06. The Morgan fingerprint density at radius 2 is 2.00 bits per heavy atom. The second-order valence-electron chi connectivity index (χ2n) is 5.21. The fourth-order valence-corrected chi connectivity index (χ4v) is 2.77. The highest BCUT2D eigenvalue weighted by atomic mass is 35.5. The van der Waals surface area contributed by atoms with Gasteiger partial charge >= 0.3 is 5.97 Å². The molecule has 1 aliphatic rings. The molecular weight excluding hydrogens is 329 g/mol. The van der Waals surface area contributed by atoms with Crippen molar-refractivity contribution in [2.45, 2.75) is 19.4 Å². The topological polar surface area (TPSA) is 75.6 Å². The summed E-state index contributed by atoms with van der Waals surface area (Å²) >= 11 is 11.8. The van der Waals surface area contributed by atoms with Crippen molar-refractivity contribution in [3.05, 3.63) is 33.8 Å². The van der Waals surface area contributed by atoms with Crippen LogP contribution in [-0.4, -0.2) is 30.1 Å². The maximum Gasteiger partial charge on any atom is 0.307 e. The summed E-state index contributed by atoms with van der Waals surface area (Å²) in [5, 5.41) is 12.7. The number of carbonyl (C=O) groups is 2. The van der Waals surface area contributed by atoms with E-state index in [1.165, 1.54) is 0 Å². The van der Waals surface area contributed by atoms with E-state index in [4.69, 9.17) is 33.0 Å². The van der Waals surface area contributed by atoms with Crippen LogP contribution >= 0.6 is 23.2 Å². The number of benzene rings is 1. The molecule has 7 heteroatoms. The van der Waals surface area contributed by atoms with Crippen LogP contribution in [-0.2, 0) is 20.9 Å². The van der Waals surface area contributed by atoms with E-state index in [2.05, 4.69) is 5.32 Å². The second kappa shape index (κ2) is 7.81. The molecule has 0 radical (unpaired) electrons. The van der Waals surface area contributed by atoms with Crippen LogP contribution in [0.1, 0.15) is 18.4 Å². The highest BCUT2D eigenvalue weighted by Gasteiger charge is 2.41. The summed E-state index contributed by atoms with van der Waals surface area (Å²) in [5.74, 6) is -2.08. The zero-order chi connectivity index (χ0) is 16.1. The van der Waals surface area contributed by atoms with E-state index in [0.717, 1.165) is 5.56 Å². The number of aliphatic carboxylic acids is 1. The van der Waals surface area contributed by atoms with Gasteiger partial charge in [-0.2, -0.15) is 0 Å². The lowest BCUT2D eigenvalue weighted by Gasteiger charge is -2.31. The third kappa shape index (κ3) is 4.35. The number of ether oxygens (including phenoxy) is 1. The molecule has 0 bridgehead atoms. The van der Waals surface area contributed by atoms with Crippen LogP contribution in [0.3, 0.4) is 0 Å². The lowest BCUT2D eigenvalue weighted by atomic mass is 9.73. The van der Waals surface area contributed by atoms with E-state index in [1.54, 1.807) is 18.2 Å². The minimum Gasteiger partial charge on any atom is -0.481 e. The van der Waals surface area contributed by atoms with Crippen LogP contribution in [0, 0.1) is 11.8 Å². The van der Waals surface area contributed by atoms with Gasteiger partial charge < -0.3 is 15.2 Å². The van der Waals surface area contributed by atoms with Gasteiger partial charge in [0, 0.05) is 16.6 Å². The number of hydrogen-bond donors (Lipinski definition) is 2. The highest BCUT2D eigenvalue weighted by molar-refractivity contribution is 6.35. The van der Waals surface area contributed by atoms with Crippen molar-refractivity contribution in [2.75, 3.05) is 13.2 Å². The zero-order valence-electron chi connectivity index (χ0n) is 11.9. The average Bonchev–Trinajstić information content (AvgIpc) is 2.38. The van der Waals surface area contributed by atoms with Crippen molar-refractivity contribution in [1.82, 2.24) is 5.32 Å². The van der Waals surface area contributed by atoms with E-state index < -0.39 is 17.8 Å². The van der Waals surface area contributed by atoms with Crippen LogP contribution in [0.2, 0.25) is 10.0 Å². The molecule has 1 aromatic rings. The van der Waals surface area contributed by atoms with Gasteiger partial charge in [-0.15, -0.1) is 0 Å². The number of carboxylic acid groups (broad SMARTS) is 1. The Bertz CT molecular complexity index is 564. The molecule has 2 atom stereocenters. The SMILES string of the molecule is O=C(O)C1CCC1C(=O)NCCOCc1ccc(Cl)cc1Cl. The van der Waals surface area contributed by atoms with Crippen LogP contribution in [0.5, 0.6) is 0 Å². The molecule has 0 aliphatic heterocycles. The number of amides is 1. The summed E-state index contributed by atoms with van der Waals surface area (Å²) in [6.45, 7) is 0.995. The van der Waals surface area contributed by atoms with Gasteiger partial charge in [-0.25, -0.2) is 0 Å². The Hall–Kier alpha value is -1.30. The van der Waals surface area contributed by atoms with Crippen molar-refractivity contribution >= 4 is 35.1 Å². The first-order valence-electron chi connectivity index (χ1n) is 7.01. The lowest BCUT2D eigenvalue weighted by Crippen LogP contribution is -2.44. The molecule has 0 spiro atoms. The maximum absolute atomic E-state index is 11.8. The van der Waals surface area contributed by atoms with E-state index in [1.807, 2.05) is 0 Å². The van der Waals surface area contributed by atoms with E-state index >= 15 is 0 Å². The first kappa shape index (κ1) is 17.1. The average molecular weight is 346 g/mol. The number of rotatable bonds is 7. The highest BCUT2D eigenvalue weighted by Crippen LogP contribution is 2.34. The molecule has 1 fully saturated rings. The van der Waals surface area contributed by atoms with Gasteiger partial charge in [0.1, 0.15) is 0 Å². The molecule has 5 nitrogen and oxygen atoms in total. The first-order valence-corrected chi connectivity index (χ1v) is 7.77. The zero-order valence-corrected chi connectivity index (χ0v) is 13.4. The predicted octanol–water partition coefficient (Wildman–Crippen LogP) is 2.74. The molecule has 0 aromatic heterocycles. The summed E-state index contributed by atoms with van der Waals surface area (Å²) in [4.78, 5) is 22.7. The molecule has 0 heterocycles. The van der Waals surface area contributed by atoms with Crippen molar-refractivity contribution in [3.63, 3.8) is 0 Å². The normalized spacial score (nSPS) is 20.3. The molecule has 2 unspecified atom stereocenters. The smallest absolute Gasteiger partial charge is 0.307 e. The van der Waals surface area contributed by atoms with E-state index in [9.17, 15) is 9.59 Å². The van der Waals surface area contributed by atoms with Gasteiger partial charge in [0.25, 0.3) is 0 Å². The van der Waals surface area contributed by atoms with Crippen LogP contribution in [0.4, 0.5) is 0 Å². The standard InChI is InChI=1S/C15H17Cl2NO4/c16-10-2-1-9(13(17)7-10)8-22-6-5-18-14(19)11-3-4-12(11)15(20)21/h1-2,7,11-12H,3-6,8H2,(H,18,19)(H,20,21). The predicted molar refractivity (Wildman–Crippen MR) is 83.0 cm³/mol. The first-order chi connectivity index (χ1) is 10.5. The van der Waals surface area contributed by atoms with Crippen molar-refractivity contribution in [2.24, 2.45) is 11.8 Å². The van der Waals surface area contributed by atoms with Gasteiger partial charge in [0.2, 0.25) is 5.91 Å². The third-order valence-electron chi connectivity index (χ3n) is 3.75. The molecule has 2 N–H and O–H groups in total. The molecule has 0 saturated heterocycles. The van der Waals surface area contributed by atoms with E-state index in [-0.39, 0.29) is 5.91 Å². The molecule has 1 saturated carbocycles. The number of nitrogens with one attached hydrogen (secondary N) is 1. The molecule has 1 amide bonds. The quantitative estimate of drug-likeness (QED) is 0.745. The summed E-state index contributed by atoms with van der Waals surface area (Å²) in [6.07, 6.45) is 1.20. The molecule has 22 heavy (non-hydrogen) atoms.